The SMILES string of the molecule is Cc1ccc(S(=O)(=O)NCC(=O)CCCCCCCCCCCCCCC2CCCCC2c2ccccc2)cc1. The summed E-state index contributed by atoms with van der Waals surface area (Å²) in [5, 5.41) is 0. The molecule has 0 saturated heterocycles. The summed E-state index contributed by atoms with van der Waals surface area (Å²) >= 11 is 0. The fourth-order valence-electron chi connectivity index (χ4n) is 6.25. The van der Waals surface area contributed by atoms with Crippen LogP contribution in [0.1, 0.15) is 133 Å². The molecule has 0 amide bonds. The second-order valence-electron chi connectivity index (χ2n) is 12.0. The Morgan fingerprint density at radius 2 is 1.27 bits per heavy atom. The zero-order valence-corrected chi connectivity index (χ0v) is 25.7. The number of Topliss-reactive ketones (excluding diaryl/α,β-unsaturated/α-hetero) is 1. The zero-order chi connectivity index (χ0) is 28.5. The van der Waals surface area contributed by atoms with Gasteiger partial charge in [0.2, 0.25) is 10.0 Å². The minimum Gasteiger partial charge on any atom is -0.298 e. The minimum atomic E-state index is -3.62. The number of carbonyl (C=O) groups excluding carboxylic acids is 1. The fraction of sp³-hybridized carbons (Fsp3) is 0.629. The molecule has 0 aliphatic heterocycles. The zero-order valence-electron chi connectivity index (χ0n) is 24.9. The van der Waals surface area contributed by atoms with Crippen molar-refractivity contribution in [3.05, 3.63) is 65.7 Å². The lowest BCUT2D eigenvalue weighted by Crippen LogP contribution is -2.29. The van der Waals surface area contributed by atoms with Gasteiger partial charge in [-0.15, -0.1) is 0 Å². The molecule has 222 valence electrons. The van der Waals surface area contributed by atoms with Crippen molar-refractivity contribution in [3.8, 4) is 0 Å². The van der Waals surface area contributed by atoms with Crippen LogP contribution in [0.3, 0.4) is 0 Å². The van der Waals surface area contributed by atoms with Crippen LogP contribution < -0.4 is 4.72 Å². The van der Waals surface area contributed by atoms with Crippen LogP contribution in [0.2, 0.25) is 0 Å². The van der Waals surface area contributed by atoms with Crippen molar-refractivity contribution in [2.24, 2.45) is 5.92 Å². The average Bonchev–Trinajstić information content (AvgIpc) is 2.97. The van der Waals surface area contributed by atoms with Gasteiger partial charge in [0.25, 0.3) is 0 Å². The second kappa shape index (κ2) is 18.5. The van der Waals surface area contributed by atoms with Crippen LogP contribution in [0.4, 0.5) is 0 Å². The minimum absolute atomic E-state index is 0.0366. The molecule has 40 heavy (non-hydrogen) atoms. The van der Waals surface area contributed by atoms with Gasteiger partial charge in [0.1, 0.15) is 5.78 Å². The van der Waals surface area contributed by atoms with Gasteiger partial charge in [-0.1, -0.05) is 131 Å². The number of ketones is 1. The molecule has 2 aromatic carbocycles. The number of rotatable bonds is 20. The van der Waals surface area contributed by atoms with E-state index >= 15 is 0 Å². The molecule has 1 saturated carbocycles. The lowest BCUT2D eigenvalue weighted by molar-refractivity contribution is -0.118. The van der Waals surface area contributed by atoms with E-state index in [0.29, 0.717) is 6.42 Å². The molecule has 1 aliphatic rings. The maximum atomic E-state index is 12.3. The van der Waals surface area contributed by atoms with E-state index in [1.165, 1.54) is 89.9 Å². The standard InChI is InChI=1S/C35H53NO3S/c1-30-25-27-34(28-26-30)40(38,39)36-29-33(37)23-16-11-9-7-5-3-2-4-6-8-10-13-19-32-22-17-18-24-35(32)31-20-14-12-15-21-31/h12,14-15,20-21,25-28,32,35-36H,2-11,13,16-19,22-24,29H2,1H3. The molecule has 1 aliphatic carbocycles. The first-order chi connectivity index (χ1) is 19.5. The molecule has 5 heteroatoms. The quantitative estimate of drug-likeness (QED) is 0.162. The number of nitrogens with one attached hydrogen (secondary N) is 1. The third-order valence-electron chi connectivity index (χ3n) is 8.71. The van der Waals surface area contributed by atoms with E-state index in [9.17, 15) is 13.2 Å². The van der Waals surface area contributed by atoms with Crippen LogP contribution in [-0.2, 0) is 14.8 Å². The van der Waals surface area contributed by atoms with Gasteiger partial charge in [-0.2, -0.15) is 0 Å². The van der Waals surface area contributed by atoms with Crippen molar-refractivity contribution in [3.63, 3.8) is 0 Å². The molecule has 1 fully saturated rings. The normalized spacial score (nSPS) is 17.6. The number of aryl methyl sites for hydroxylation is 1. The average molecular weight is 568 g/mol. The topological polar surface area (TPSA) is 63.2 Å². The molecule has 2 atom stereocenters. The molecule has 0 radical (unpaired) electrons. The van der Waals surface area contributed by atoms with Gasteiger partial charge in [0.05, 0.1) is 11.4 Å². The third kappa shape index (κ3) is 12.3. The number of sulfonamides is 1. The lowest BCUT2D eigenvalue weighted by Gasteiger charge is -2.32. The van der Waals surface area contributed by atoms with Crippen LogP contribution in [0.15, 0.2) is 59.5 Å². The predicted molar refractivity (Wildman–Crippen MR) is 167 cm³/mol. The first-order valence-electron chi connectivity index (χ1n) is 16.1. The van der Waals surface area contributed by atoms with Crippen LogP contribution in [0.5, 0.6) is 0 Å². The Kier molecular flexibility index (Phi) is 15.0. The second-order valence-corrected chi connectivity index (χ2v) is 13.8. The van der Waals surface area contributed by atoms with Crippen LogP contribution in [0.25, 0.3) is 0 Å². The number of hydrogen-bond acceptors (Lipinski definition) is 3. The van der Waals surface area contributed by atoms with Crippen molar-refractivity contribution in [1.29, 1.82) is 0 Å². The van der Waals surface area contributed by atoms with Gasteiger partial charge >= 0.3 is 0 Å². The van der Waals surface area contributed by atoms with E-state index in [-0.39, 0.29) is 17.2 Å². The molecule has 0 aromatic heterocycles. The highest BCUT2D eigenvalue weighted by Crippen LogP contribution is 2.40. The third-order valence-corrected chi connectivity index (χ3v) is 10.1. The summed E-state index contributed by atoms with van der Waals surface area (Å²) in [7, 11) is -3.62. The number of benzene rings is 2. The summed E-state index contributed by atoms with van der Waals surface area (Å²) in [6, 6.07) is 17.9. The Hall–Kier alpha value is -1.98. The maximum Gasteiger partial charge on any atom is 0.240 e. The van der Waals surface area contributed by atoms with Gasteiger partial charge in [0, 0.05) is 6.42 Å². The summed E-state index contributed by atoms with van der Waals surface area (Å²) in [4.78, 5) is 12.3. The van der Waals surface area contributed by atoms with Gasteiger partial charge in [0.15, 0.2) is 0 Å². The van der Waals surface area contributed by atoms with Crippen LogP contribution >= 0.6 is 0 Å². The predicted octanol–water partition coefficient (Wildman–Crippen LogP) is 9.28. The van der Waals surface area contributed by atoms with Crippen molar-refractivity contribution in [1.82, 2.24) is 4.72 Å². The Morgan fingerprint density at radius 1 is 0.725 bits per heavy atom. The summed E-state index contributed by atoms with van der Waals surface area (Å²) in [6.45, 7) is 1.79. The highest BCUT2D eigenvalue weighted by molar-refractivity contribution is 7.89. The van der Waals surface area contributed by atoms with Gasteiger partial charge in [-0.05, 0) is 62.1 Å². The molecule has 2 unspecified atom stereocenters. The molecule has 3 rings (SSSR count). The first kappa shape index (κ1) is 32.5. The van der Waals surface area contributed by atoms with Gasteiger partial charge in [-0.3, -0.25) is 4.79 Å². The molecule has 0 heterocycles. The molecule has 0 spiro atoms. The van der Waals surface area contributed by atoms with E-state index in [4.69, 9.17) is 0 Å². The molecule has 1 N–H and O–H groups in total. The van der Waals surface area contributed by atoms with E-state index in [0.717, 1.165) is 36.7 Å². The fourth-order valence-corrected chi connectivity index (χ4v) is 7.27. The number of carbonyl (C=O) groups is 1. The van der Waals surface area contributed by atoms with Gasteiger partial charge < -0.3 is 0 Å². The monoisotopic (exact) mass is 567 g/mol. The van der Waals surface area contributed by atoms with Crippen molar-refractivity contribution in [2.75, 3.05) is 6.54 Å². The lowest BCUT2D eigenvalue weighted by atomic mass is 9.73. The number of hydrogen-bond donors (Lipinski definition) is 1. The molecule has 0 bridgehead atoms. The van der Waals surface area contributed by atoms with E-state index in [1.54, 1.807) is 29.8 Å². The largest absolute Gasteiger partial charge is 0.298 e. The summed E-state index contributed by atoms with van der Waals surface area (Å²) < 4.78 is 27.0. The Balaban J connectivity index is 1.10. The van der Waals surface area contributed by atoms with Gasteiger partial charge in [-0.25, -0.2) is 13.1 Å². The van der Waals surface area contributed by atoms with Crippen molar-refractivity contribution < 1.29 is 13.2 Å². The molecular formula is C35H53NO3S. The Labute approximate surface area is 244 Å². The molecule has 4 nitrogen and oxygen atoms in total. The van der Waals surface area contributed by atoms with Crippen LogP contribution in [-0.4, -0.2) is 20.7 Å². The smallest absolute Gasteiger partial charge is 0.240 e. The highest BCUT2D eigenvalue weighted by atomic mass is 32.2. The highest BCUT2D eigenvalue weighted by Gasteiger charge is 2.25. The van der Waals surface area contributed by atoms with E-state index in [2.05, 4.69) is 35.1 Å². The number of unbranched alkanes of at least 4 members (excludes halogenated alkanes) is 11. The van der Waals surface area contributed by atoms with E-state index in [1.807, 2.05) is 6.92 Å². The van der Waals surface area contributed by atoms with Crippen molar-refractivity contribution >= 4 is 15.8 Å². The Bertz CT molecular complexity index is 1070. The van der Waals surface area contributed by atoms with Crippen molar-refractivity contribution in [2.45, 2.75) is 133 Å². The first-order valence-corrected chi connectivity index (χ1v) is 17.6. The summed E-state index contributed by atoms with van der Waals surface area (Å²) in [5.74, 6) is 1.65. The summed E-state index contributed by atoms with van der Waals surface area (Å²) in [6.07, 6.45) is 22.6. The molecule has 2 aromatic rings. The maximum absolute atomic E-state index is 12.3. The Morgan fingerprint density at radius 3 is 1.90 bits per heavy atom. The molecular weight excluding hydrogens is 514 g/mol. The van der Waals surface area contributed by atoms with E-state index < -0.39 is 10.0 Å². The van der Waals surface area contributed by atoms with Crippen LogP contribution in [0, 0.1) is 12.8 Å². The summed E-state index contributed by atoms with van der Waals surface area (Å²) in [5.41, 5.74) is 2.57.